The maximum absolute atomic E-state index is 9.25. The van der Waals surface area contributed by atoms with Crippen LogP contribution in [-0.2, 0) is 0 Å². The molecule has 1 aromatic heterocycles. The number of aromatic hydroxyl groups is 1. The summed E-state index contributed by atoms with van der Waals surface area (Å²) in [5, 5.41) is 13.7. The summed E-state index contributed by atoms with van der Waals surface area (Å²) in [4.78, 5) is 0. The van der Waals surface area contributed by atoms with Gasteiger partial charge in [0.05, 0.1) is 12.2 Å². The Labute approximate surface area is 86.1 Å². The molecule has 5 heteroatoms. The summed E-state index contributed by atoms with van der Waals surface area (Å²) in [7, 11) is 0. The van der Waals surface area contributed by atoms with Crippen LogP contribution >= 0.6 is 23.4 Å². The monoisotopic (exact) mass is 218 g/mol. The molecule has 1 unspecified atom stereocenters. The van der Waals surface area contributed by atoms with E-state index in [4.69, 9.17) is 11.6 Å². The fourth-order valence-electron chi connectivity index (χ4n) is 1.51. The van der Waals surface area contributed by atoms with E-state index in [-0.39, 0.29) is 5.75 Å². The van der Waals surface area contributed by atoms with Crippen LogP contribution in [0, 0.1) is 0 Å². The number of aromatic nitrogens is 2. The second-order valence-electron chi connectivity index (χ2n) is 3.14. The van der Waals surface area contributed by atoms with Crippen molar-refractivity contribution in [2.45, 2.75) is 18.9 Å². The average molecular weight is 219 g/mol. The predicted molar refractivity (Wildman–Crippen MR) is 54.5 cm³/mol. The summed E-state index contributed by atoms with van der Waals surface area (Å²) in [5.74, 6) is 2.35. The highest BCUT2D eigenvalue weighted by Gasteiger charge is 2.19. The normalized spacial score (nSPS) is 23.3. The molecule has 1 fully saturated rings. The Bertz CT molecular complexity index is 296. The van der Waals surface area contributed by atoms with E-state index in [1.54, 1.807) is 4.68 Å². The van der Waals surface area contributed by atoms with Crippen LogP contribution in [0.3, 0.4) is 0 Å². The molecular formula is C8H11ClN2OS. The van der Waals surface area contributed by atoms with E-state index in [2.05, 4.69) is 5.10 Å². The Kier molecular flexibility index (Phi) is 2.69. The fraction of sp³-hybridized carbons (Fsp3) is 0.625. The standard InChI is InChI=1S/C8H11ClN2OS/c9-8-7(12)4-10-11(8)6-2-1-3-13-5-6/h4,6,12H,1-3,5H2. The first-order chi connectivity index (χ1) is 6.29. The van der Waals surface area contributed by atoms with Crippen LogP contribution < -0.4 is 0 Å². The van der Waals surface area contributed by atoms with Crippen molar-refractivity contribution in [1.29, 1.82) is 0 Å². The van der Waals surface area contributed by atoms with Crippen LogP contribution in [0.2, 0.25) is 5.15 Å². The molecule has 0 aromatic carbocycles. The summed E-state index contributed by atoms with van der Waals surface area (Å²) in [6.45, 7) is 0. The van der Waals surface area contributed by atoms with Crippen LogP contribution in [-0.4, -0.2) is 26.4 Å². The molecule has 2 heterocycles. The van der Waals surface area contributed by atoms with Crippen molar-refractivity contribution >= 4 is 23.4 Å². The van der Waals surface area contributed by atoms with Gasteiger partial charge < -0.3 is 5.11 Å². The summed E-state index contributed by atoms with van der Waals surface area (Å²) >= 11 is 7.80. The molecule has 0 spiro atoms. The van der Waals surface area contributed by atoms with Gasteiger partial charge >= 0.3 is 0 Å². The van der Waals surface area contributed by atoms with Crippen molar-refractivity contribution in [2.24, 2.45) is 0 Å². The third kappa shape index (κ3) is 1.79. The van der Waals surface area contributed by atoms with Crippen LogP contribution in [0.5, 0.6) is 5.75 Å². The number of hydrogen-bond acceptors (Lipinski definition) is 3. The van der Waals surface area contributed by atoms with Crippen molar-refractivity contribution in [3.8, 4) is 5.75 Å². The van der Waals surface area contributed by atoms with Gasteiger partial charge in [0, 0.05) is 5.75 Å². The Hall–Kier alpha value is -0.350. The van der Waals surface area contributed by atoms with Gasteiger partial charge in [-0.2, -0.15) is 16.9 Å². The van der Waals surface area contributed by atoms with Crippen molar-refractivity contribution in [3.63, 3.8) is 0 Å². The van der Waals surface area contributed by atoms with Gasteiger partial charge in [-0.1, -0.05) is 11.6 Å². The highest BCUT2D eigenvalue weighted by atomic mass is 35.5. The van der Waals surface area contributed by atoms with Gasteiger partial charge in [0.15, 0.2) is 10.9 Å². The smallest absolute Gasteiger partial charge is 0.173 e. The molecule has 3 nitrogen and oxygen atoms in total. The lowest BCUT2D eigenvalue weighted by Gasteiger charge is -2.21. The van der Waals surface area contributed by atoms with Gasteiger partial charge in [-0.3, -0.25) is 0 Å². The molecule has 1 saturated heterocycles. The molecule has 0 saturated carbocycles. The van der Waals surface area contributed by atoms with E-state index in [1.165, 1.54) is 18.4 Å². The molecule has 0 aliphatic carbocycles. The third-order valence-corrected chi connectivity index (χ3v) is 3.76. The van der Waals surface area contributed by atoms with Crippen molar-refractivity contribution < 1.29 is 5.11 Å². The Morgan fingerprint density at radius 3 is 3.08 bits per heavy atom. The predicted octanol–water partition coefficient (Wildman–Crippen LogP) is 2.31. The molecular weight excluding hydrogens is 208 g/mol. The maximum atomic E-state index is 9.25. The fourth-order valence-corrected chi connectivity index (χ4v) is 2.86. The Morgan fingerprint density at radius 1 is 1.69 bits per heavy atom. The molecule has 0 bridgehead atoms. The minimum atomic E-state index is 0.0808. The number of halogens is 1. The van der Waals surface area contributed by atoms with E-state index in [0.29, 0.717) is 11.2 Å². The van der Waals surface area contributed by atoms with Gasteiger partial charge in [0.25, 0.3) is 0 Å². The minimum Gasteiger partial charge on any atom is -0.504 e. The van der Waals surface area contributed by atoms with E-state index in [9.17, 15) is 5.11 Å². The van der Waals surface area contributed by atoms with E-state index in [0.717, 1.165) is 12.2 Å². The number of nitrogens with zero attached hydrogens (tertiary/aromatic N) is 2. The van der Waals surface area contributed by atoms with E-state index >= 15 is 0 Å². The molecule has 1 aliphatic rings. The summed E-state index contributed by atoms with van der Waals surface area (Å²) in [6.07, 6.45) is 3.71. The quantitative estimate of drug-likeness (QED) is 0.786. The average Bonchev–Trinajstić information content (AvgIpc) is 2.49. The third-order valence-electron chi connectivity index (χ3n) is 2.20. The number of rotatable bonds is 1. The lowest BCUT2D eigenvalue weighted by molar-refractivity contribution is 0.446. The van der Waals surface area contributed by atoms with Gasteiger partial charge in [-0.25, -0.2) is 4.68 Å². The first kappa shape index (κ1) is 9.21. The second-order valence-corrected chi connectivity index (χ2v) is 4.64. The lowest BCUT2D eigenvalue weighted by Crippen LogP contribution is -2.17. The molecule has 2 rings (SSSR count). The van der Waals surface area contributed by atoms with Gasteiger partial charge in [0.1, 0.15) is 0 Å². The topological polar surface area (TPSA) is 38.1 Å². The van der Waals surface area contributed by atoms with Crippen molar-refractivity contribution in [1.82, 2.24) is 9.78 Å². The summed E-state index contributed by atoms with van der Waals surface area (Å²) in [5.41, 5.74) is 0. The Balaban J connectivity index is 2.18. The largest absolute Gasteiger partial charge is 0.504 e. The van der Waals surface area contributed by atoms with Crippen LogP contribution in [0.15, 0.2) is 6.20 Å². The zero-order chi connectivity index (χ0) is 9.26. The summed E-state index contributed by atoms with van der Waals surface area (Å²) < 4.78 is 1.73. The molecule has 0 amide bonds. The minimum absolute atomic E-state index is 0.0808. The molecule has 72 valence electrons. The van der Waals surface area contributed by atoms with Crippen molar-refractivity contribution in [2.75, 3.05) is 11.5 Å². The second kappa shape index (κ2) is 3.80. The van der Waals surface area contributed by atoms with Crippen LogP contribution in [0.4, 0.5) is 0 Å². The van der Waals surface area contributed by atoms with Gasteiger partial charge in [-0.15, -0.1) is 0 Å². The van der Waals surface area contributed by atoms with Crippen LogP contribution in [0.1, 0.15) is 18.9 Å². The number of hydrogen-bond donors (Lipinski definition) is 1. The highest BCUT2D eigenvalue weighted by Crippen LogP contribution is 2.32. The molecule has 13 heavy (non-hydrogen) atoms. The van der Waals surface area contributed by atoms with Crippen molar-refractivity contribution in [3.05, 3.63) is 11.3 Å². The first-order valence-corrected chi connectivity index (χ1v) is 5.82. The Morgan fingerprint density at radius 2 is 2.54 bits per heavy atom. The van der Waals surface area contributed by atoms with E-state index < -0.39 is 0 Å². The molecule has 0 radical (unpaired) electrons. The molecule has 1 atom stereocenters. The maximum Gasteiger partial charge on any atom is 0.173 e. The first-order valence-electron chi connectivity index (χ1n) is 4.29. The zero-order valence-corrected chi connectivity index (χ0v) is 8.68. The highest BCUT2D eigenvalue weighted by molar-refractivity contribution is 7.99. The molecule has 1 aliphatic heterocycles. The molecule has 1 N–H and O–H groups in total. The van der Waals surface area contributed by atoms with E-state index in [1.807, 2.05) is 11.8 Å². The number of thioether (sulfide) groups is 1. The van der Waals surface area contributed by atoms with Gasteiger partial charge in [0.2, 0.25) is 0 Å². The zero-order valence-electron chi connectivity index (χ0n) is 7.11. The lowest BCUT2D eigenvalue weighted by atomic mass is 10.2. The molecule has 1 aromatic rings. The summed E-state index contributed by atoms with van der Waals surface area (Å²) in [6, 6.07) is 0.354. The van der Waals surface area contributed by atoms with Crippen LogP contribution in [0.25, 0.3) is 0 Å². The van der Waals surface area contributed by atoms with Gasteiger partial charge in [-0.05, 0) is 18.6 Å². The SMILES string of the molecule is Oc1cnn(C2CCCSC2)c1Cl.